The molecular formula is C28H45N7O9. The average Bonchev–Trinajstić information content (AvgIpc) is 2.97. The molecule has 1 rings (SSSR count). The van der Waals surface area contributed by atoms with E-state index in [1.54, 1.807) is 26.0 Å². The number of rotatable bonds is 20. The third-order valence-electron chi connectivity index (χ3n) is 6.94. The highest BCUT2D eigenvalue weighted by Crippen LogP contribution is 2.13. The van der Waals surface area contributed by atoms with Gasteiger partial charge in [0.1, 0.15) is 29.9 Å². The van der Waals surface area contributed by atoms with E-state index in [-0.39, 0.29) is 18.6 Å². The summed E-state index contributed by atoms with van der Waals surface area (Å²) in [5.41, 5.74) is 17.4. The van der Waals surface area contributed by atoms with Gasteiger partial charge in [-0.25, -0.2) is 4.79 Å². The Kier molecular flexibility index (Phi) is 16.4. The van der Waals surface area contributed by atoms with Gasteiger partial charge in [-0.05, 0) is 55.8 Å². The van der Waals surface area contributed by atoms with Gasteiger partial charge in [-0.3, -0.25) is 24.0 Å². The third-order valence-corrected chi connectivity index (χ3v) is 6.94. The third kappa shape index (κ3) is 12.9. The van der Waals surface area contributed by atoms with Gasteiger partial charge >= 0.3 is 5.97 Å². The normalized spacial score (nSPS) is 15.0. The van der Waals surface area contributed by atoms with Gasteiger partial charge in [0.15, 0.2) is 0 Å². The molecule has 44 heavy (non-hydrogen) atoms. The first-order valence-corrected chi connectivity index (χ1v) is 14.3. The fourth-order valence-corrected chi connectivity index (χ4v) is 4.10. The van der Waals surface area contributed by atoms with Crippen molar-refractivity contribution in [2.45, 2.75) is 82.6 Å². The second-order valence-corrected chi connectivity index (χ2v) is 10.5. The van der Waals surface area contributed by atoms with Crippen molar-refractivity contribution in [3.63, 3.8) is 0 Å². The Morgan fingerprint density at radius 3 is 1.93 bits per heavy atom. The molecule has 0 spiro atoms. The predicted octanol–water partition coefficient (Wildman–Crippen LogP) is -2.67. The van der Waals surface area contributed by atoms with Crippen molar-refractivity contribution in [1.82, 2.24) is 21.3 Å². The van der Waals surface area contributed by atoms with E-state index in [4.69, 9.17) is 17.2 Å². The molecule has 0 saturated carbocycles. The summed E-state index contributed by atoms with van der Waals surface area (Å²) in [4.78, 5) is 75.2. The van der Waals surface area contributed by atoms with E-state index in [0.29, 0.717) is 31.4 Å². The number of aliphatic carboxylic acids is 1. The maximum atomic E-state index is 13.3. The molecule has 16 nitrogen and oxygen atoms in total. The number of phenolic OH excluding ortho intramolecular Hbond substituents is 1. The molecule has 13 N–H and O–H groups in total. The van der Waals surface area contributed by atoms with E-state index >= 15 is 0 Å². The molecule has 0 heterocycles. The van der Waals surface area contributed by atoms with Crippen LogP contribution in [0.1, 0.15) is 51.5 Å². The number of amides is 5. The molecule has 0 bridgehead atoms. The molecule has 5 amide bonds. The Morgan fingerprint density at radius 1 is 0.841 bits per heavy atom. The van der Waals surface area contributed by atoms with Crippen LogP contribution in [-0.4, -0.2) is 94.2 Å². The fraction of sp³-hybridized carbons (Fsp3) is 0.571. The highest BCUT2D eigenvalue weighted by atomic mass is 16.4. The number of hydrogen-bond donors (Lipinski definition) is 10. The van der Waals surface area contributed by atoms with Crippen LogP contribution >= 0.6 is 0 Å². The number of phenols is 1. The first-order valence-electron chi connectivity index (χ1n) is 14.3. The van der Waals surface area contributed by atoms with Crippen LogP contribution in [0.25, 0.3) is 0 Å². The van der Waals surface area contributed by atoms with Gasteiger partial charge in [-0.2, -0.15) is 0 Å². The van der Waals surface area contributed by atoms with Crippen molar-refractivity contribution in [2.75, 3.05) is 13.2 Å². The van der Waals surface area contributed by atoms with Crippen molar-refractivity contribution >= 4 is 35.5 Å². The summed E-state index contributed by atoms with van der Waals surface area (Å²) < 4.78 is 0. The van der Waals surface area contributed by atoms with Crippen LogP contribution < -0.4 is 38.5 Å². The van der Waals surface area contributed by atoms with Crippen LogP contribution in [0.4, 0.5) is 0 Å². The van der Waals surface area contributed by atoms with Gasteiger partial charge in [0.2, 0.25) is 29.5 Å². The fourth-order valence-electron chi connectivity index (χ4n) is 4.10. The van der Waals surface area contributed by atoms with E-state index in [0.717, 1.165) is 0 Å². The molecule has 1 aromatic carbocycles. The average molecular weight is 624 g/mol. The Morgan fingerprint density at radius 2 is 1.41 bits per heavy atom. The second kappa shape index (κ2) is 19.1. The van der Waals surface area contributed by atoms with Crippen LogP contribution in [0.5, 0.6) is 5.75 Å². The smallest absolute Gasteiger partial charge is 0.326 e. The number of primary amides is 1. The van der Waals surface area contributed by atoms with Crippen molar-refractivity contribution in [1.29, 1.82) is 0 Å². The zero-order valence-corrected chi connectivity index (χ0v) is 25.0. The zero-order chi connectivity index (χ0) is 33.4. The second-order valence-electron chi connectivity index (χ2n) is 10.5. The molecule has 0 fully saturated rings. The summed E-state index contributed by atoms with van der Waals surface area (Å²) in [5.74, 6) is -6.24. The number of unbranched alkanes of at least 4 members (excludes halogenated alkanes) is 1. The zero-order valence-electron chi connectivity index (χ0n) is 25.0. The van der Waals surface area contributed by atoms with Crippen LogP contribution in [0.3, 0.4) is 0 Å². The summed E-state index contributed by atoms with van der Waals surface area (Å²) in [6.07, 6.45) is 0.847. The van der Waals surface area contributed by atoms with Crippen LogP contribution in [0.15, 0.2) is 24.3 Å². The van der Waals surface area contributed by atoms with Crippen LogP contribution in [0, 0.1) is 5.92 Å². The minimum Gasteiger partial charge on any atom is -0.508 e. The largest absolute Gasteiger partial charge is 0.508 e. The monoisotopic (exact) mass is 623 g/mol. The minimum absolute atomic E-state index is 0.0450. The standard InChI is InChI=1S/C28H45N7O9/c1-3-15(2)23(35-24(39)18(30)12-16-7-9-17(37)10-8-16)27(42)33-20(13-22(31)38)25(40)34-21(14-36)26(41)32-19(28(43)44)6-4-5-11-29/h7-10,15,18-21,23,36-37H,3-6,11-14,29-30H2,1-2H3,(H2,31,38)(H,32,41)(H,33,42)(H,34,40)(H,35,39)(H,43,44)/t15-,18-,19-,20-,21-,23-/m0/s1. The van der Waals surface area contributed by atoms with E-state index in [9.17, 15) is 44.1 Å². The number of nitrogens with two attached hydrogens (primary N) is 3. The lowest BCUT2D eigenvalue weighted by Crippen LogP contribution is -2.60. The summed E-state index contributed by atoms with van der Waals surface area (Å²) in [6.45, 7) is 2.86. The topological polar surface area (TPSA) is 289 Å². The highest BCUT2D eigenvalue weighted by Gasteiger charge is 2.34. The molecule has 0 radical (unpaired) electrons. The highest BCUT2D eigenvalue weighted by molar-refractivity contribution is 5.97. The number of nitrogens with one attached hydrogen (secondary N) is 4. The molecule has 0 aromatic heterocycles. The molecule has 0 aliphatic rings. The van der Waals surface area contributed by atoms with E-state index in [1.165, 1.54) is 12.1 Å². The molecule has 246 valence electrons. The number of carbonyl (C=O) groups excluding carboxylic acids is 5. The molecule has 0 aliphatic carbocycles. The van der Waals surface area contributed by atoms with Crippen molar-refractivity contribution in [3.05, 3.63) is 29.8 Å². The lowest BCUT2D eigenvalue weighted by atomic mass is 9.96. The van der Waals surface area contributed by atoms with Gasteiger partial charge < -0.3 is 53.8 Å². The molecule has 0 saturated heterocycles. The SMILES string of the molecule is CC[C@H](C)[C@H](NC(=O)[C@@H](N)Cc1ccc(O)cc1)C(=O)N[C@@H](CC(N)=O)C(=O)N[C@@H](CO)C(=O)N[C@@H](CCCCN)C(=O)O. The number of aliphatic hydroxyl groups is 1. The maximum absolute atomic E-state index is 13.3. The summed E-state index contributed by atoms with van der Waals surface area (Å²) in [7, 11) is 0. The number of hydrogen-bond acceptors (Lipinski definition) is 10. The van der Waals surface area contributed by atoms with Crippen molar-refractivity contribution in [2.24, 2.45) is 23.1 Å². The summed E-state index contributed by atoms with van der Waals surface area (Å²) in [6, 6.07) is -0.682. The Labute approximate surface area is 255 Å². The number of carbonyl (C=O) groups is 6. The van der Waals surface area contributed by atoms with E-state index in [2.05, 4.69) is 21.3 Å². The van der Waals surface area contributed by atoms with Gasteiger partial charge in [0.25, 0.3) is 0 Å². The van der Waals surface area contributed by atoms with Crippen LogP contribution in [-0.2, 0) is 35.2 Å². The molecule has 0 unspecified atom stereocenters. The van der Waals surface area contributed by atoms with Gasteiger partial charge in [-0.1, -0.05) is 32.4 Å². The Hall–Kier alpha value is -4.28. The number of carboxylic acid groups (broad SMARTS) is 1. The lowest BCUT2D eigenvalue weighted by Gasteiger charge is -2.28. The molecule has 1 aromatic rings. The maximum Gasteiger partial charge on any atom is 0.326 e. The number of aromatic hydroxyl groups is 1. The quantitative estimate of drug-likeness (QED) is 0.0668. The van der Waals surface area contributed by atoms with Gasteiger partial charge in [-0.15, -0.1) is 0 Å². The van der Waals surface area contributed by atoms with Crippen LogP contribution in [0.2, 0.25) is 0 Å². The molecule has 16 heteroatoms. The summed E-state index contributed by atoms with van der Waals surface area (Å²) in [5, 5.41) is 38.0. The number of carboxylic acids is 1. The van der Waals surface area contributed by atoms with Gasteiger partial charge in [0, 0.05) is 0 Å². The van der Waals surface area contributed by atoms with Gasteiger partial charge in [0.05, 0.1) is 19.1 Å². The molecule has 6 atom stereocenters. The van der Waals surface area contributed by atoms with E-state index < -0.39 is 84.7 Å². The number of benzene rings is 1. The van der Waals surface area contributed by atoms with Crippen molar-refractivity contribution in [3.8, 4) is 5.75 Å². The minimum atomic E-state index is -1.62. The first-order chi connectivity index (χ1) is 20.7. The van der Waals surface area contributed by atoms with Crippen molar-refractivity contribution < 1.29 is 44.1 Å². The first kappa shape index (κ1) is 37.7. The molecular weight excluding hydrogens is 578 g/mol. The Bertz CT molecular complexity index is 1130. The van der Waals surface area contributed by atoms with E-state index in [1.807, 2.05) is 0 Å². The number of aliphatic hydroxyl groups excluding tert-OH is 1. The predicted molar refractivity (Wildman–Crippen MR) is 158 cm³/mol. The Balaban J connectivity index is 3.01. The lowest BCUT2D eigenvalue weighted by molar-refractivity contribution is -0.143. The molecule has 0 aliphatic heterocycles. The summed E-state index contributed by atoms with van der Waals surface area (Å²) >= 11 is 0.